The molecule has 0 spiro atoms. The van der Waals surface area contributed by atoms with Crippen molar-refractivity contribution in [2.45, 2.75) is 244 Å². The molecule has 0 saturated carbocycles. The van der Waals surface area contributed by atoms with E-state index in [1.165, 1.54) is 148 Å². The number of esters is 2. The van der Waals surface area contributed by atoms with Gasteiger partial charge in [0.15, 0.2) is 12.1 Å². The molecule has 2 unspecified atom stereocenters. The number of rotatable bonds is 45. The van der Waals surface area contributed by atoms with Gasteiger partial charge in [-0.2, -0.15) is 0 Å². The number of carbonyl (C=O) groups excluding carboxylic acids is 2. The highest BCUT2D eigenvalue weighted by Crippen LogP contribution is 2.15. The van der Waals surface area contributed by atoms with Crippen molar-refractivity contribution in [2.75, 3.05) is 41.0 Å². The lowest BCUT2D eigenvalue weighted by atomic mass is 10.0. The Morgan fingerprint density at radius 2 is 0.847 bits per heavy atom. The van der Waals surface area contributed by atoms with Gasteiger partial charge < -0.3 is 23.8 Å². The lowest BCUT2D eigenvalue weighted by Gasteiger charge is -2.31. The Morgan fingerprint density at radius 1 is 0.492 bits per heavy atom. The average Bonchev–Trinajstić information content (AvgIpc) is 3.19. The van der Waals surface area contributed by atoms with Gasteiger partial charge in [-0.05, 0) is 64.2 Å². The van der Waals surface area contributed by atoms with Crippen molar-refractivity contribution in [3.05, 3.63) is 24.3 Å². The molecule has 0 heterocycles. The Hall–Kier alpha value is -2.19. The fraction of sp³-hybridized carbons (Fsp3) is 0.863. The first kappa shape index (κ1) is 56.8. The fourth-order valence-electron chi connectivity index (χ4n) is 7.43. The standard InChI is InChI=1S/C51H95NO7/c1-6-8-10-12-14-16-18-20-21-22-23-24-25-26-27-28-29-30-32-34-36-38-40-42-50(54)59-47(45-57-44-43-48(51(55)56)52(3,4)5)46-58-49(53)41-39-37-35-33-31-19-17-15-13-11-9-7-2/h15,17,26-27,47-48H,6-14,16,18-25,28-46H2,1-5H3/p+1/b17-15+,27-26+. The van der Waals surface area contributed by atoms with Gasteiger partial charge in [0, 0.05) is 19.3 Å². The van der Waals surface area contributed by atoms with Crippen LogP contribution in [-0.4, -0.2) is 80.6 Å². The van der Waals surface area contributed by atoms with Crippen molar-refractivity contribution in [2.24, 2.45) is 0 Å². The van der Waals surface area contributed by atoms with E-state index in [2.05, 4.69) is 38.2 Å². The van der Waals surface area contributed by atoms with Gasteiger partial charge in [-0.15, -0.1) is 0 Å². The quantitative estimate of drug-likeness (QED) is 0.0282. The summed E-state index contributed by atoms with van der Waals surface area (Å²) in [4.78, 5) is 37.0. The maximum absolute atomic E-state index is 12.8. The van der Waals surface area contributed by atoms with Gasteiger partial charge in [-0.3, -0.25) is 9.59 Å². The van der Waals surface area contributed by atoms with Crippen LogP contribution in [0.3, 0.4) is 0 Å². The second-order valence-electron chi connectivity index (χ2n) is 18.1. The molecule has 0 bridgehead atoms. The number of nitrogens with zero attached hydrogens (tertiary/aromatic N) is 1. The van der Waals surface area contributed by atoms with E-state index in [0.29, 0.717) is 19.3 Å². The smallest absolute Gasteiger partial charge is 0.362 e. The lowest BCUT2D eigenvalue weighted by Crippen LogP contribution is -2.50. The number of likely N-dealkylation sites (N-methyl/N-ethyl adjacent to an activating group) is 1. The van der Waals surface area contributed by atoms with E-state index in [-0.39, 0.29) is 36.2 Å². The van der Waals surface area contributed by atoms with E-state index < -0.39 is 18.1 Å². The van der Waals surface area contributed by atoms with Crippen molar-refractivity contribution in [3.63, 3.8) is 0 Å². The second-order valence-corrected chi connectivity index (χ2v) is 18.1. The number of unbranched alkanes of at least 4 members (excludes halogenated alkanes) is 27. The molecule has 0 aromatic heterocycles. The summed E-state index contributed by atoms with van der Waals surface area (Å²) in [7, 11) is 5.53. The Labute approximate surface area is 364 Å². The van der Waals surface area contributed by atoms with E-state index in [1.54, 1.807) is 0 Å². The second kappa shape index (κ2) is 42.5. The largest absolute Gasteiger partial charge is 0.477 e. The summed E-state index contributed by atoms with van der Waals surface area (Å²) < 4.78 is 17.3. The van der Waals surface area contributed by atoms with Crippen molar-refractivity contribution in [1.82, 2.24) is 0 Å². The molecular formula is C51H96NO7+. The van der Waals surface area contributed by atoms with Crippen LogP contribution in [0, 0.1) is 0 Å². The van der Waals surface area contributed by atoms with E-state index in [4.69, 9.17) is 14.2 Å². The average molecular weight is 835 g/mol. The van der Waals surface area contributed by atoms with Gasteiger partial charge >= 0.3 is 17.9 Å². The molecule has 0 fully saturated rings. The maximum Gasteiger partial charge on any atom is 0.362 e. The number of allylic oxidation sites excluding steroid dienone is 4. The third-order valence-corrected chi connectivity index (χ3v) is 11.3. The molecule has 59 heavy (non-hydrogen) atoms. The number of carboxylic acid groups (broad SMARTS) is 1. The van der Waals surface area contributed by atoms with Gasteiger partial charge in [-0.25, -0.2) is 4.79 Å². The summed E-state index contributed by atoms with van der Waals surface area (Å²) in [6.07, 6.45) is 48.0. The van der Waals surface area contributed by atoms with Crippen LogP contribution in [0.5, 0.6) is 0 Å². The molecule has 0 saturated heterocycles. The van der Waals surface area contributed by atoms with E-state index >= 15 is 0 Å². The Morgan fingerprint density at radius 3 is 1.25 bits per heavy atom. The predicted octanol–water partition coefficient (Wildman–Crippen LogP) is 14.0. The Balaban J connectivity index is 4.20. The zero-order chi connectivity index (χ0) is 43.5. The van der Waals surface area contributed by atoms with Crippen LogP contribution >= 0.6 is 0 Å². The number of carbonyl (C=O) groups is 3. The van der Waals surface area contributed by atoms with Crippen molar-refractivity contribution >= 4 is 17.9 Å². The molecule has 8 heteroatoms. The van der Waals surface area contributed by atoms with Gasteiger partial charge in [0.05, 0.1) is 34.4 Å². The highest BCUT2D eigenvalue weighted by molar-refractivity contribution is 5.72. The summed E-state index contributed by atoms with van der Waals surface area (Å²) in [5.41, 5.74) is 0. The molecule has 0 aliphatic heterocycles. The van der Waals surface area contributed by atoms with Gasteiger partial charge in [0.2, 0.25) is 0 Å². The number of ether oxygens (including phenoxy) is 3. The zero-order valence-electron chi connectivity index (χ0n) is 39.5. The molecule has 1 N–H and O–H groups in total. The first-order chi connectivity index (χ1) is 28.6. The first-order valence-electron chi connectivity index (χ1n) is 24.9. The van der Waals surface area contributed by atoms with Crippen molar-refractivity contribution < 1.29 is 38.2 Å². The zero-order valence-corrected chi connectivity index (χ0v) is 39.5. The van der Waals surface area contributed by atoms with E-state index in [1.807, 2.05) is 21.1 Å². The molecule has 0 radical (unpaired) electrons. The van der Waals surface area contributed by atoms with Gasteiger partial charge in [-0.1, -0.05) is 173 Å². The first-order valence-corrected chi connectivity index (χ1v) is 24.9. The van der Waals surface area contributed by atoms with E-state index in [0.717, 1.165) is 51.4 Å². The number of carboxylic acids is 1. The van der Waals surface area contributed by atoms with Crippen LogP contribution in [-0.2, 0) is 28.6 Å². The van der Waals surface area contributed by atoms with Gasteiger partial charge in [0.1, 0.15) is 6.61 Å². The molecule has 0 aliphatic carbocycles. The van der Waals surface area contributed by atoms with Gasteiger partial charge in [0.25, 0.3) is 0 Å². The normalized spacial score (nSPS) is 13.0. The number of hydrogen-bond donors (Lipinski definition) is 1. The monoisotopic (exact) mass is 835 g/mol. The molecule has 0 amide bonds. The molecular weight excluding hydrogens is 739 g/mol. The predicted molar refractivity (Wildman–Crippen MR) is 248 cm³/mol. The summed E-state index contributed by atoms with van der Waals surface area (Å²) in [5, 5.41) is 9.63. The van der Waals surface area contributed by atoms with Crippen LogP contribution in [0.15, 0.2) is 24.3 Å². The number of quaternary nitrogens is 1. The van der Waals surface area contributed by atoms with Crippen molar-refractivity contribution in [3.8, 4) is 0 Å². The fourth-order valence-corrected chi connectivity index (χ4v) is 7.43. The molecule has 0 rings (SSSR count). The van der Waals surface area contributed by atoms with Crippen LogP contribution in [0.1, 0.15) is 232 Å². The minimum atomic E-state index is -0.875. The van der Waals surface area contributed by atoms with Crippen LogP contribution < -0.4 is 0 Å². The van der Waals surface area contributed by atoms with Crippen LogP contribution in [0.4, 0.5) is 0 Å². The van der Waals surface area contributed by atoms with Crippen LogP contribution in [0.2, 0.25) is 0 Å². The molecule has 0 aromatic carbocycles. The van der Waals surface area contributed by atoms with Crippen LogP contribution in [0.25, 0.3) is 0 Å². The number of aliphatic carboxylic acids is 1. The molecule has 0 aliphatic rings. The minimum Gasteiger partial charge on any atom is -0.477 e. The molecule has 2 atom stereocenters. The molecule has 8 nitrogen and oxygen atoms in total. The van der Waals surface area contributed by atoms with Crippen molar-refractivity contribution in [1.29, 1.82) is 0 Å². The summed E-state index contributed by atoms with van der Waals surface area (Å²) in [5.74, 6) is -1.47. The Bertz CT molecular complexity index is 1020. The molecule has 0 aromatic rings. The lowest BCUT2D eigenvalue weighted by molar-refractivity contribution is -0.887. The summed E-state index contributed by atoms with van der Waals surface area (Å²) >= 11 is 0. The Kier molecular flexibility index (Phi) is 40.9. The van der Waals surface area contributed by atoms with E-state index in [9.17, 15) is 19.5 Å². The molecule has 346 valence electrons. The minimum absolute atomic E-state index is 0.0541. The number of hydrogen-bond acceptors (Lipinski definition) is 6. The summed E-state index contributed by atoms with van der Waals surface area (Å²) in [6, 6.07) is -0.614. The SMILES string of the molecule is CCCCC/C=C/CCCCCCCC(=O)OCC(COCCC(C(=O)O)[N+](C)(C)C)OC(=O)CCCCCCCCC/C=C/CCCCCCCCCCCCCC. The third-order valence-electron chi connectivity index (χ3n) is 11.3. The maximum atomic E-state index is 12.8. The highest BCUT2D eigenvalue weighted by Gasteiger charge is 2.31. The third kappa shape index (κ3) is 41.0. The summed E-state index contributed by atoms with van der Waals surface area (Å²) in [6.45, 7) is 4.73. The topological polar surface area (TPSA) is 99.1 Å². The highest BCUT2D eigenvalue weighted by atomic mass is 16.6.